The molecule has 0 spiro atoms. The summed E-state index contributed by atoms with van der Waals surface area (Å²) < 4.78 is 0. The largest absolute Gasteiger partial charge is 0.341 e. The Bertz CT molecular complexity index is 72.7. The van der Waals surface area contributed by atoms with E-state index in [1.165, 1.54) is 0 Å². The van der Waals surface area contributed by atoms with Gasteiger partial charge in [-0.3, -0.25) is 0 Å². The van der Waals surface area contributed by atoms with Gasteiger partial charge in [-0.1, -0.05) is 0 Å². The number of hydrogen-bond donors (Lipinski definition) is 0. The minimum Gasteiger partial charge on any atom is -0.165 e. The van der Waals surface area contributed by atoms with Crippen LogP contribution >= 0.6 is 45.0 Å². The molecule has 0 unspecified atom stereocenters. The Morgan fingerprint density at radius 2 is 1.89 bits per heavy atom. The lowest BCUT2D eigenvalue weighted by atomic mass is 10.6. The van der Waals surface area contributed by atoms with Crippen molar-refractivity contribution in [1.82, 2.24) is 0 Å². The molecule has 0 saturated heterocycles. The molecule has 0 rings (SSSR count). The molecule has 0 heterocycles. The first-order valence-electron chi connectivity index (χ1n) is 2.62. The van der Waals surface area contributed by atoms with Gasteiger partial charge in [0.05, 0.1) is 0 Å². The molecule has 56 valence electrons. The molecular weight excluding hydrogens is 215 g/mol. The molecule has 0 N–H and O–H groups in total. The van der Waals surface area contributed by atoms with Crippen LogP contribution in [0.25, 0.3) is 0 Å². The second-order valence-corrected chi connectivity index (χ2v) is 12.0. The summed E-state index contributed by atoms with van der Waals surface area (Å²) in [6.45, 7) is 0. The Balaban J connectivity index is 3.07. The van der Waals surface area contributed by atoms with Crippen LogP contribution < -0.4 is 0 Å². The van der Waals surface area contributed by atoms with Crippen LogP contribution in [0.4, 0.5) is 0 Å². The third-order valence-electron chi connectivity index (χ3n) is 0.809. The summed E-state index contributed by atoms with van der Waals surface area (Å²) in [5, 5.41) is 0. The molecule has 9 heavy (non-hydrogen) atoms. The molecule has 0 saturated carbocycles. The standard InChI is InChI=1S/C4H9Cl3SSi/c1-8-3-2-4-9(5,6)7/h2-4H2,1H3. The number of halogens is 3. The van der Waals surface area contributed by atoms with Gasteiger partial charge in [0, 0.05) is 0 Å². The fourth-order valence-corrected chi connectivity index (χ4v) is 2.89. The Labute approximate surface area is 75.4 Å². The van der Waals surface area contributed by atoms with Crippen molar-refractivity contribution in [2.45, 2.75) is 12.5 Å². The second kappa shape index (κ2) is 5.14. The van der Waals surface area contributed by atoms with Crippen LogP contribution in [0.2, 0.25) is 6.04 Å². The van der Waals surface area contributed by atoms with Crippen molar-refractivity contribution in [3.63, 3.8) is 0 Å². The first-order valence-corrected chi connectivity index (χ1v) is 9.25. The lowest BCUT2D eigenvalue weighted by molar-refractivity contribution is 1.09. The Morgan fingerprint density at radius 1 is 1.33 bits per heavy atom. The van der Waals surface area contributed by atoms with Crippen LogP contribution in [0.5, 0.6) is 0 Å². The SMILES string of the molecule is CSCCC[Si](Cl)(Cl)Cl. The van der Waals surface area contributed by atoms with Gasteiger partial charge in [0.1, 0.15) is 0 Å². The van der Waals surface area contributed by atoms with Gasteiger partial charge in [-0.2, -0.15) is 11.8 Å². The van der Waals surface area contributed by atoms with Gasteiger partial charge in [-0.05, 0) is 24.5 Å². The van der Waals surface area contributed by atoms with Crippen molar-refractivity contribution in [3.05, 3.63) is 0 Å². The van der Waals surface area contributed by atoms with Gasteiger partial charge in [0.25, 0.3) is 0 Å². The quantitative estimate of drug-likeness (QED) is 0.400. The maximum absolute atomic E-state index is 5.63. The molecule has 0 nitrogen and oxygen atoms in total. The van der Waals surface area contributed by atoms with E-state index in [2.05, 4.69) is 6.26 Å². The highest BCUT2D eigenvalue weighted by Gasteiger charge is 2.23. The van der Waals surface area contributed by atoms with E-state index in [0.717, 1.165) is 18.2 Å². The van der Waals surface area contributed by atoms with E-state index in [1.807, 2.05) is 0 Å². The molecule has 5 heteroatoms. The first-order chi connectivity index (χ1) is 4.06. The van der Waals surface area contributed by atoms with Gasteiger partial charge in [-0.25, -0.2) is 0 Å². The third-order valence-corrected chi connectivity index (χ3v) is 4.13. The Kier molecular flexibility index (Phi) is 5.96. The van der Waals surface area contributed by atoms with Crippen molar-refractivity contribution in [3.8, 4) is 0 Å². The predicted octanol–water partition coefficient (Wildman–Crippen LogP) is 3.39. The molecule has 0 bridgehead atoms. The number of thioether (sulfide) groups is 1. The number of hydrogen-bond acceptors (Lipinski definition) is 1. The van der Waals surface area contributed by atoms with Gasteiger partial charge in [-0.15, -0.1) is 33.2 Å². The van der Waals surface area contributed by atoms with Crippen molar-refractivity contribution < 1.29 is 0 Å². The fraction of sp³-hybridized carbons (Fsp3) is 1.00. The van der Waals surface area contributed by atoms with E-state index in [9.17, 15) is 0 Å². The van der Waals surface area contributed by atoms with E-state index in [4.69, 9.17) is 33.2 Å². The second-order valence-electron chi connectivity index (χ2n) is 1.71. The monoisotopic (exact) mass is 222 g/mol. The fourth-order valence-electron chi connectivity index (χ4n) is 0.417. The normalized spacial score (nSPS) is 12.0. The molecule has 0 aliphatic heterocycles. The molecule has 0 aromatic rings. The topological polar surface area (TPSA) is 0 Å². The smallest absolute Gasteiger partial charge is 0.165 e. The van der Waals surface area contributed by atoms with Crippen molar-refractivity contribution in [1.29, 1.82) is 0 Å². The zero-order chi connectivity index (χ0) is 7.33. The van der Waals surface area contributed by atoms with Crippen molar-refractivity contribution >= 4 is 51.0 Å². The molecule has 0 aromatic heterocycles. The van der Waals surface area contributed by atoms with E-state index < -0.39 is 6.00 Å². The highest BCUT2D eigenvalue weighted by molar-refractivity contribution is 7.98. The number of rotatable bonds is 4. The van der Waals surface area contributed by atoms with Crippen LogP contribution in [0, 0.1) is 0 Å². The molecular formula is C4H9Cl3SSi. The predicted molar refractivity (Wildman–Crippen MR) is 51.1 cm³/mol. The maximum atomic E-state index is 5.63. The van der Waals surface area contributed by atoms with E-state index in [0.29, 0.717) is 0 Å². The summed E-state index contributed by atoms with van der Waals surface area (Å²) in [6.07, 6.45) is 3.09. The highest BCUT2D eigenvalue weighted by atomic mass is 35.8. The molecule has 0 aromatic carbocycles. The molecule has 0 amide bonds. The molecule has 0 radical (unpaired) electrons. The minimum absolute atomic E-state index is 0.790. The average Bonchev–Trinajstić information content (AvgIpc) is 1.63. The summed E-state index contributed by atoms with van der Waals surface area (Å²) in [5.41, 5.74) is 0. The van der Waals surface area contributed by atoms with Crippen LogP contribution in [0.3, 0.4) is 0 Å². The van der Waals surface area contributed by atoms with Crippen molar-refractivity contribution in [2.24, 2.45) is 0 Å². The summed E-state index contributed by atoms with van der Waals surface area (Å²) >= 11 is 18.7. The molecule has 0 aliphatic carbocycles. The Morgan fingerprint density at radius 3 is 2.22 bits per heavy atom. The molecule has 0 atom stereocenters. The minimum atomic E-state index is -2.29. The van der Waals surface area contributed by atoms with Crippen molar-refractivity contribution in [2.75, 3.05) is 12.0 Å². The van der Waals surface area contributed by atoms with E-state index in [1.54, 1.807) is 11.8 Å². The van der Waals surface area contributed by atoms with E-state index in [-0.39, 0.29) is 0 Å². The highest BCUT2D eigenvalue weighted by Crippen LogP contribution is 2.26. The summed E-state index contributed by atoms with van der Waals surface area (Å²) in [6, 6.07) is -1.50. The maximum Gasteiger partial charge on any atom is 0.341 e. The Hall–Kier alpha value is 1.44. The lowest BCUT2D eigenvalue weighted by Gasteiger charge is -2.04. The van der Waals surface area contributed by atoms with E-state index >= 15 is 0 Å². The zero-order valence-electron chi connectivity index (χ0n) is 5.16. The lowest BCUT2D eigenvalue weighted by Crippen LogP contribution is -2.08. The molecule has 0 fully saturated rings. The summed E-state index contributed by atoms with van der Waals surface area (Å²) in [7, 11) is 0. The van der Waals surface area contributed by atoms with Gasteiger partial charge in [0.2, 0.25) is 0 Å². The zero-order valence-corrected chi connectivity index (χ0v) is 9.25. The summed E-state index contributed by atoms with van der Waals surface area (Å²) in [4.78, 5) is 0. The average molecular weight is 224 g/mol. The van der Waals surface area contributed by atoms with Gasteiger partial charge in [0.15, 0.2) is 0 Å². The van der Waals surface area contributed by atoms with Crippen LogP contribution in [0.15, 0.2) is 0 Å². The van der Waals surface area contributed by atoms with Crippen LogP contribution in [-0.2, 0) is 0 Å². The van der Waals surface area contributed by atoms with Gasteiger partial charge < -0.3 is 0 Å². The first kappa shape index (κ1) is 10.4. The van der Waals surface area contributed by atoms with Crippen LogP contribution in [-0.4, -0.2) is 18.0 Å². The third kappa shape index (κ3) is 9.44. The van der Waals surface area contributed by atoms with Crippen LogP contribution in [0.1, 0.15) is 6.42 Å². The molecule has 0 aliphatic rings. The summed E-state index contributed by atoms with van der Waals surface area (Å²) in [5.74, 6) is 1.10. The van der Waals surface area contributed by atoms with Gasteiger partial charge >= 0.3 is 6.00 Å².